The molecule has 0 bridgehead atoms. The van der Waals surface area contributed by atoms with Crippen LogP contribution in [0.25, 0.3) is 6.08 Å². The van der Waals surface area contributed by atoms with Crippen molar-refractivity contribution in [2.24, 2.45) is 0 Å². The molecule has 2 aromatic carbocycles. The third-order valence-electron chi connectivity index (χ3n) is 4.07. The van der Waals surface area contributed by atoms with Crippen LogP contribution in [0.4, 0.5) is 0 Å². The van der Waals surface area contributed by atoms with Gasteiger partial charge in [-0.05, 0) is 23.8 Å². The lowest BCUT2D eigenvalue weighted by Gasteiger charge is -2.14. The van der Waals surface area contributed by atoms with Crippen molar-refractivity contribution in [1.82, 2.24) is 0 Å². The number of allylic oxidation sites excluding steroid dienone is 1. The first-order chi connectivity index (χ1) is 15.5. The molecule has 174 valence electrons. The zero-order valence-electron chi connectivity index (χ0n) is 18.0. The van der Waals surface area contributed by atoms with E-state index in [0.717, 1.165) is 10.0 Å². The van der Waals surface area contributed by atoms with Gasteiger partial charge in [0, 0.05) is 30.8 Å². The minimum atomic E-state index is -0.430. The second-order valence-electron chi connectivity index (χ2n) is 6.39. The number of rotatable bonds is 15. The van der Waals surface area contributed by atoms with Crippen molar-refractivity contribution < 1.29 is 38.3 Å². The Balaban J connectivity index is 2.15. The minimum Gasteiger partial charge on any atom is -0.507 e. The van der Waals surface area contributed by atoms with Crippen LogP contribution in [-0.4, -0.2) is 65.1 Å². The molecule has 0 spiro atoms. The van der Waals surface area contributed by atoms with Crippen LogP contribution < -0.4 is 9.47 Å². The van der Waals surface area contributed by atoms with E-state index in [2.05, 4.69) is 15.9 Å². The quantitative estimate of drug-likeness (QED) is 0.166. The van der Waals surface area contributed by atoms with Gasteiger partial charge in [0.15, 0.2) is 19.4 Å². The molecule has 8 nitrogen and oxygen atoms in total. The summed E-state index contributed by atoms with van der Waals surface area (Å²) in [7, 11) is 3.13. The molecule has 0 saturated carbocycles. The van der Waals surface area contributed by atoms with Crippen molar-refractivity contribution in [2.75, 3.05) is 54.2 Å². The molecule has 0 unspecified atom stereocenters. The molecule has 0 aliphatic carbocycles. The topological polar surface area (TPSA) is 92.7 Å². The number of ketones is 1. The predicted molar refractivity (Wildman–Crippen MR) is 122 cm³/mol. The summed E-state index contributed by atoms with van der Waals surface area (Å²) in [4.78, 5) is 12.8. The van der Waals surface area contributed by atoms with Crippen molar-refractivity contribution >= 4 is 27.8 Å². The van der Waals surface area contributed by atoms with Gasteiger partial charge in [0.1, 0.15) is 22.8 Å². The van der Waals surface area contributed by atoms with Gasteiger partial charge in [-0.3, -0.25) is 4.79 Å². The molecule has 0 fully saturated rings. The molecular formula is C23H27BrO8. The maximum atomic E-state index is 12.8. The third-order valence-corrected chi connectivity index (χ3v) is 4.60. The molecule has 0 radical (unpaired) electrons. The van der Waals surface area contributed by atoms with Gasteiger partial charge >= 0.3 is 0 Å². The Morgan fingerprint density at radius 2 is 1.56 bits per heavy atom. The summed E-state index contributed by atoms with van der Waals surface area (Å²) in [5, 5.41) is 10.5. The highest BCUT2D eigenvalue weighted by atomic mass is 79.9. The Kier molecular flexibility index (Phi) is 11.8. The van der Waals surface area contributed by atoms with E-state index in [1.165, 1.54) is 18.2 Å². The maximum Gasteiger partial charge on any atom is 0.193 e. The first kappa shape index (κ1) is 25.8. The fourth-order valence-corrected chi connectivity index (χ4v) is 2.73. The molecule has 0 atom stereocenters. The average Bonchev–Trinajstić information content (AvgIpc) is 2.78. The zero-order valence-corrected chi connectivity index (χ0v) is 19.6. The Morgan fingerprint density at radius 1 is 0.938 bits per heavy atom. The van der Waals surface area contributed by atoms with E-state index in [-0.39, 0.29) is 36.4 Å². The third kappa shape index (κ3) is 8.97. The molecule has 1 N–H and O–H groups in total. The predicted octanol–water partition coefficient (Wildman–Crippen LogP) is 4.05. The van der Waals surface area contributed by atoms with E-state index < -0.39 is 5.78 Å². The molecule has 2 aromatic rings. The van der Waals surface area contributed by atoms with Gasteiger partial charge in [-0.25, -0.2) is 0 Å². The van der Waals surface area contributed by atoms with Crippen LogP contribution in [0.2, 0.25) is 0 Å². The van der Waals surface area contributed by atoms with Gasteiger partial charge in [-0.15, -0.1) is 0 Å². The summed E-state index contributed by atoms with van der Waals surface area (Å²) < 4.78 is 32.4. The van der Waals surface area contributed by atoms with E-state index in [1.807, 2.05) is 24.3 Å². The smallest absolute Gasteiger partial charge is 0.193 e. The second kappa shape index (κ2) is 14.6. The van der Waals surface area contributed by atoms with Gasteiger partial charge < -0.3 is 33.5 Å². The van der Waals surface area contributed by atoms with E-state index in [4.69, 9.17) is 28.4 Å². The minimum absolute atomic E-state index is 0.00125. The maximum absolute atomic E-state index is 12.8. The van der Waals surface area contributed by atoms with Gasteiger partial charge in [0.2, 0.25) is 0 Å². The summed E-state index contributed by atoms with van der Waals surface area (Å²) in [6.45, 7) is 1.32. The van der Waals surface area contributed by atoms with Crippen LogP contribution in [0.5, 0.6) is 17.2 Å². The van der Waals surface area contributed by atoms with Gasteiger partial charge in [-0.1, -0.05) is 34.1 Å². The largest absolute Gasteiger partial charge is 0.507 e. The SMILES string of the molecule is COCCOCOc1cc(O)c(C(=O)/C=C/c2ccc(Br)cc2)c(OCOCCOC)c1. The number of ether oxygens (including phenoxy) is 6. The van der Waals surface area contributed by atoms with Crippen molar-refractivity contribution in [3.8, 4) is 17.2 Å². The molecular weight excluding hydrogens is 484 g/mol. The molecule has 0 aliphatic rings. The number of hydrogen-bond donors (Lipinski definition) is 1. The summed E-state index contributed by atoms with van der Waals surface area (Å²) in [5.41, 5.74) is 0.834. The summed E-state index contributed by atoms with van der Waals surface area (Å²) >= 11 is 3.37. The van der Waals surface area contributed by atoms with Crippen LogP contribution in [-0.2, 0) is 18.9 Å². The Hall–Kier alpha value is -2.43. The summed E-state index contributed by atoms with van der Waals surface area (Å²) in [6, 6.07) is 10.3. The highest BCUT2D eigenvalue weighted by Gasteiger charge is 2.18. The van der Waals surface area contributed by atoms with Gasteiger partial charge in [0.25, 0.3) is 0 Å². The number of methoxy groups -OCH3 is 2. The molecule has 0 amide bonds. The Bertz CT molecular complexity index is 867. The van der Waals surface area contributed by atoms with E-state index in [0.29, 0.717) is 26.4 Å². The van der Waals surface area contributed by atoms with Crippen molar-refractivity contribution in [1.29, 1.82) is 0 Å². The number of benzene rings is 2. The van der Waals surface area contributed by atoms with Crippen LogP contribution in [0.1, 0.15) is 15.9 Å². The van der Waals surface area contributed by atoms with Crippen molar-refractivity contribution in [3.63, 3.8) is 0 Å². The lowest BCUT2D eigenvalue weighted by Crippen LogP contribution is -2.11. The van der Waals surface area contributed by atoms with E-state index in [9.17, 15) is 9.90 Å². The number of aromatic hydroxyl groups is 1. The Labute approximate surface area is 195 Å². The molecule has 2 rings (SSSR count). The number of carbonyl (C=O) groups excluding carboxylic acids is 1. The highest BCUT2D eigenvalue weighted by molar-refractivity contribution is 9.10. The van der Waals surface area contributed by atoms with Crippen molar-refractivity contribution in [3.05, 3.63) is 58.1 Å². The summed E-state index contributed by atoms with van der Waals surface area (Å²) in [5.74, 6) is -0.308. The normalized spacial score (nSPS) is 11.1. The van der Waals surface area contributed by atoms with Gasteiger partial charge in [-0.2, -0.15) is 0 Å². The molecule has 32 heavy (non-hydrogen) atoms. The average molecular weight is 511 g/mol. The summed E-state index contributed by atoms with van der Waals surface area (Å²) in [6.07, 6.45) is 3.02. The van der Waals surface area contributed by atoms with Crippen LogP contribution in [0, 0.1) is 0 Å². The van der Waals surface area contributed by atoms with Crippen LogP contribution in [0.3, 0.4) is 0 Å². The molecule has 0 heterocycles. The molecule has 0 saturated heterocycles. The number of hydrogen-bond acceptors (Lipinski definition) is 8. The van der Waals surface area contributed by atoms with Crippen LogP contribution in [0.15, 0.2) is 46.9 Å². The number of phenols is 1. The molecule has 0 aliphatic heterocycles. The fraction of sp³-hybridized carbons (Fsp3) is 0.348. The van der Waals surface area contributed by atoms with Crippen LogP contribution >= 0.6 is 15.9 Å². The number of carbonyl (C=O) groups is 1. The zero-order chi connectivity index (χ0) is 23.2. The second-order valence-corrected chi connectivity index (χ2v) is 7.31. The van der Waals surface area contributed by atoms with E-state index >= 15 is 0 Å². The molecule has 0 aromatic heterocycles. The lowest BCUT2D eigenvalue weighted by atomic mass is 10.1. The number of phenolic OH excluding ortho intramolecular Hbond substituents is 1. The highest BCUT2D eigenvalue weighted by Crippen LogP contribution is 2.34. The lowest BCUT2D eigenvalue weighted by molar-refractivity contribution is -0.0119. The first-order valence-electron chi connectivity index (χ1n) is 9.79. The van der Waals surface area contributed by atoms with Crippen molar-refractivity contribution in [2.45, 2.75) is 0 Å². The first-order valence-corrected chi connectivity index (χ1v) is 10.6. The van der Waals surface area contributed by atoms with Gasteiger partial charge in [0.05, 0.1) is 26.4 Å². The number of halogens is 1. The fourth-order valence-electron chi connectivity index (χ4n) is 2.47. The van der Waals surface area contributed by atoms with E-state index in [1.54, 1.807) is 20.3 Å². The standard InChI is InChI=1S/C23H27BrO8/c1-27-9-11-29-15-31-19-13-21(26)23(22(14-19)32-16-30-12-10-28-2)20(25)8-5-17-3-6-18(24)7-4-17/h3-8,13-14,26H,9-12,15-16H2,1-2H3/b8-5+. The molecule has 9 heteroatoms. The Morgan fingerprint density at radius 3 is 2.19 bits per heavy atom. The monoisotopic (exact) mass is 510 g/mol.